The van der Waals surface area contributed by atoms with Crippen LogP contribution in [-0.4, -0.2) is 16.5 Å². The van der Waals surface area contributed by atoms with Crippen molar-refractivity contribution in [3.05, 3.63) is 76.8 Å². The van der Waals surface area contributed by atoms with Crippen molar-refractivity contribution >= 4 is 17.4 Å². The summed E-state index contributed by atoms with van der Waals surface area (Å²) >= 11 is 6.18. The molecule has 3 aromatic rings. The zero-order valence-electron chi connectivity index (χ0n) is 13.7. The number of hydrogen-bond acceptors (Lipinski definition) is 4. The Morgan fingerprint density at radius 3 is 2.76 bits per heavy atom. The first-order chi connectivity index (χ1) is 12.0. The van der Waals surface area contributed by atoms with Gasteiger partial charge in [-0.3, -0.25) is 0 Å². The maximum absolute atomic E-state index is 13.3. The van der Waals surface area contributed by atoms with Crippen molar-refractivity contribution in [1.82, 2.24) is 9.97 Å². The average molecular weight is 357 g/mol. The molecule has 0 bridgehead atoms. The lowest BCUT2D eigenvalue weighted by Gasteiger charge is -2.14. The molecule has 0 saturated carbocycles. The van der Waals surface area contributed by atoms with Gasteiger partial charge in [-0.2, -0.15) is 0 Å². The molecule has 1 heterocycles. The molecule has 0 aliphatic carbocycles. The molecule has 0 radical (unpaired) electrons. The Kier molecular flexibility index (Phi) is 5.26. The number of nitrogens with zero attached hydrogens (tertiary/aromatic N) is 2. The van der Waals surface area contributed by atoms with Crippen molar-refractivity contribution in [2.24, 2.45) is 5.73 Å². The van der Waals surface area contributed by atoms with Gasteiger partial charge in [0, 0.05) is 29.2 Å². The number of anilines is 1. The largest absolute Gasteiger partial charge is 0.368 e. The molecule has 0 fully saturated rings. The van der Waals surface area contributed by atoms with E-state index in [2.05, 4.69) is 15.3 Å². The molecule has 3 N–H and O–H groups in total. The van der Waals surface area contributed by atoms with Crippen LogP contribution in [0, 0.1) is 12.7 Å². The van der Waals surface area contributed by atoms with Crippen molar-refractivity contribution in [3.63, 3.8) is 0 Å². The van der Waals surface area contributed by atoms with E-state index in [1.54, 1.807) is 12.1 Å². The molecule has 3 rings (SSSR count). The van der Waals surface area contributed by atoms with E-state index in [1.165, 1.54) is 18.5 Å². The summed E-state index contributed by atoms with van der Waals surface area (Å²) in [5.74, 6) is 0.349. The Morgan fingerprint density at radius 1 is 1.16 bits per heavy atom. The molecule has 0 amide bonds. The Morgan fingerprint density at radius 2 is 2.00 bits per heavy atom. The summed E-state index contributed by atoms with van der Waals surface area (Å²) in [6, 6.07) is 13.6. The van der Waals surface area contributed by atoms with Gasteiger partial charge < -0.3 is 11.1 Å². The van der Waals surface area contributed by atoms with Gasteiger partial charge in [0.1, 0.15) is 18.0 Å². The first-order valence-corrected chi connectivity index (χ1v) is 8.24. The quantitative estimate of drug-likeness (QED) is 0.713. The van der Waals surface area contributed by atoms with Crippen LogP contribution in [0.5, 0.6) is 0 Å². The first kappa shape index (κ1) is 17.3. The van der Waals surface area contributed by atoms with Crippen molar-refractivity contribution in [3.8, 4) is 11.3 Å². The number of benzene rings is 2. The van der Waals surface area contributed by atoms with Crippen LogP contribution in [-0.2, 0) is 0 Å². The molecule has 4 nitrogen and oxygen atoms in total. The summed E-state index contributed by atoms with van der Waals surface area (Å²) < 4.78 is 13.3. The standard InChI is InChI=1S/C19H18ClFN4/c1-12-5-6-14(8-16(12)20)18-9-19(25-11-24-18)23-10-17(22)13-3-2-4-15(21)7-13/h2-9,11,17H,10,22H2,1H3,(H,23,24,25)/t17-/m1/s1. The molecule has 25 heavy (non-hydrogen) atoms. The minimum absolute atomic E-state index is 0.298. The Balaban J connectivity index is 1.72. The van der Waals surface area contributed by atoms with Gasteiger partial charge in [-0.15, -0.1) is 0 Å². The number of hydrogen-bond donors (Lipinski definition) is 2. The summed E-state index contributed by atoms with van der Waals surface area (Å²) in [6.45, 7) is 2.38. The highest BCUT2D eigenvalue weighted by molar-refractivity contribution is 6.31. The molecule has 1 aromatic heterocycles. The van der Waals surface area contributed by atoms with Crippen LogP contribution in [0.15, 0.2) is 54.9 Å². The molecule has 1 atom stereocenters. The van der Waals surface area contributed by atoms with Crippen LogP contribution in [0.25, 0.3) is 11.3 Å². The second-order valence-electron chi connectivity index (χ2n) is 5.79. The molecule has 0 aliphatic heterocycles. The topological polar surface area (TPSA) is 63.8 Å². The van der Waals surface area contributed by atoms with Gasteiger partial charge in [-0.05, 0) is 36.2 Å². The second kappa shape index (κ2) is 7.59. The van der Waals surface area contributed by atoms with Crippen molar-refractivity contribution in [2.45, 2.75) is 13.0 Å². The fourth-order valence-electron chi connectivity index (χ4n) is 2.43. The van der Waals surface area contributed by atoms with E-state index >= 15 is 0 Å². The first-order valence-electron chi connectivity index (χ1n) is 7.86. The Hall–Kier alpha value is -2.50. The minimum atomic E-state index is -0.345. The van der Waals surface area contributed by atoms with Gasteiger partial charge in [-0.25, -0.2) is 14.4 Å². The van der Waals surface area contributed by atoms with Crippen LogP contribution in [0.2, 0.25) is 5.02 Å². The second-order valence-corrected chi connectivity index (χ2v) is 6.20. The molecular weight excluding hydrogens is 339 g/mol. The molecule has 0 unspecified atom stereocenters. The lowest BCUT2D eigenvalue weighted by Crippen LogP contribution is -2.21. The number of aromatic nitrogens is 2. The highest BCUT2D eigenvalue weighted by Gasteiger charge is 2.08. The third-order valence-corrected chi connectivity index (χ3v) is 4.32. The zero-order valence-corrected chi connectivity index (χ0v) is 14.5. The van der Waals surface area contributed by atoms with E-state index in [0.717, 1.165) is 22.4 Å². The maximum Gasteiger partial charge on any atom is 0.130 e. The van der Waals surface area contributed by atoms with Gasteiger partial charge in [-0.1, -0.05) is 35.9 Å². The normalized spacial score (nSPS) is 12.0. The van der Waals surface area contributed by atoms with Gasteiger partial charge in [0.25, 0.3) is 0 Å². The van der Waals surface area contributed by atoms with Gasteiger partial charge in [0.05, 0.1) is 5.69 Å². The van der Waals surface area contributed by atoms with Crippen molar-refractivity contribution in [2.75, 3.05) is 11.9 Å². The molecule has 0 saturated heterocycles. The molecule has 0 aliphatic rings. The number of rotatable bonds is 5. The van der Waals surface area contributed by atoms with Crippen LogP contribution >= 0.6 is 11.6 Å². The van der Waals surface area contributed by atoms with E-state index < -0.39 is 0 Å². The fraction of sp³-hybridized carbons (Fsp3) is 0.158. The SMILES string of the molecule is Cc1ccc(-c2cc(NC[C@@H](N)c3cccc(F)c3)ncn2)cc1Cl. The fourth-order valence-corrected chi connectivity index (χ4v) is 2.61. The third-order valence-electron chi connectivity index (χ3n) is 3.91. The monoisotopic (exact) mass is 356 g/mol. The van der Waals surface area contributed by atoms with Crippen LogP contribution in [0.1, 0.15) is 17.2 Å². The van der Waals surface area contributed by atoms with Gasteiger partial charge >= 0.3 is 0 Å². The third kappa shape index (κ3) is 4.32. The zero-order chi connectivity index (χ0) is 17.8. The van der Waals surface area contributed by atoms with Crippen LogP contribution in [0.3, 0.4) is 0 Å². The average Bonchev–Trinajstić information content (AvgIpc) is 2.62. The summed E-state index contributed by atoms with van der Waals surface area (Å²) in [6.07, 6.45) is 1.49. The highest BCUT2D eigenvalue weighted by Crippen LogP contribution is 2.25. The Bertz CT molecular complexity index is 885. The summed E-state index contributed by atoms with van der Waals surface area (Å²) in [5, 5.41) is 3.86. The van der Waals surface area contributed by atoms with Crippen LogP contribution < -0.4 is 11.1 Å². The Labute approximate surface area is 150 Å². The van der Waals surface area contributed by atoms with Gasteiger partial charge in [0.15, 0.2) is 0 Å². The molecule has 0 spiro atoms. The molecule has 6 heteroatoms. The summed E-state index contributed by atoms with van der Waals surface area (Å²) in [5.41, 5.74) is 9.52. The highest BCUT2D eigenvalue weighted by atomic mass is 35.5. The number of nitrogens with one attached hydrogen (secondary N) is 1. The smallest absolute Gasteiger partial charge is 0.130 e. The number of nitrogens with two attached hydrogens (primary N) is 1. The lowest BCUT2D eigenvalue weighted by molar-refractivity contribution is 0.621. The van der Waals surface area contributed by atoms with E-state index in [1.807, 2.05) is 31.2 Å². The predicted molar refractivity (Wildman–Crippen MR) is 99.0 cm³/mol. The van der Waals surface area contributed by atoms with Crippen molar-refractivity contribution in [1.29, 1.82) is 0 Å². The summed E-state index contributed by atoms with van der Waals surface area (Å²) in [7, 11) is 0. The summed E-state index contributed by atoms with van der Waals surface area (Å²) in [4.78, 5) is 8.49. The van der Waals surface area contributed by atoms with E-state index in [9.17, 15) is 4.39 Å². The maximum atomic E-state index is 13.3. The van der Waals surface area contributed by atoms with Gasteiger partial charge in [0.2, 0.25) is 0 Å². The molecule has 2 aromatic carbocycles. The predicted octanol–water partition coefficient (Wildman–Crippen LogP) is 4.36. The van der Waals surface area contributed by atoms with E-state index in [-0.39, 0.29) is 11.9 Å². The minimum Gasteiger partial charge on any atom is -0.368 e. The molecular formula is C19H18ClFN4. The van der Waals surface area contributed by atoms with Crippen LogP contribution in [0.4, 0.5) is 10.2 Å². The van der Waals surface area contributed by atoms with E-state index in [0.29, 0.717) is 17.4 Å². The molecule has 128 valence electrons. The number of halogens is 2. The number of aryl methyl sites for hydroxylation is 1. The van der Waals surface area contributed by atoms with E-state index in [4.69, 9.17) is 17.3 Å². The van der Waals surface area contributed by atoms with Crippen molar-refractivity contribution < 1.29 is 4.39 Å². The lowest BCUT2D eigenvalue weighted by atomic mass is 10.1.